The van der Waals surface area contributed by atoms with Crippen LogP contribution in [0, 0.1) is 39.4 Å². The lowest BCUT2D eigenvalue weighted by atomic mass is 9.37. The number of hydrogen-bond acceptors (Lipinski definition) is 9. The van der Waals surface area contributed by atoms with E-state index < -0.39 is 77.5 Å². The highest BCUT2D eigenvalue weighted by Gasteiger charge is 2.72. The Bertz CT molecular complexity index is 1160. The van der Waals surface area contributed by atoms with Crippen molar-refractivity contribution in [2.75, 3.05) is 6.61 Å². The third kappa shape index (κ3) is 5.23. The Labute approximate surface area is 269 Å². The molecule has 0 bridgehead atoms. The van der Waals surface area contributed by atoms with Crippen molar-refractivity contribution in [3.05, 3.63) is 23.3 Å². The molecule has 9 heteroatoms. The van der Waals surface area contributed by atoms with Gasteiger partial charge in [0.25, 0.3) is 0 Å². The average molecular weight is 637 g/mol. The Morgan fingerprint density at radius 1 is 0.978 bits per heavy atom. The van der Waals surface area contributed by atoms with E-state index in [9.17, 15) is 35.7 Å². The molecule has 0 aromatic heterocycles. The zero-order valence-electron chi connectivity index (χ0n) is 28.6. The van der Waals surface area contributed by atoms with Crippen molar-refractivity contribution in [1.82, 2.24) is 0 Å². The monoisotopic (exact) mass is 636 g/mol. The minimum atomic E-state index is -1.55. The Kier molecular flexibility index (Phi) is 9.38. The summed E-state index contributed by atoms with van der Waals surface area (Å²) in [5.74, 6) is -0.385. The molecule has 0 amide bonds. The maximum atomic E-state index is 12.2. The molecule has 4 fully saturated rings. The first-order chi connectivity index (χ1) is 20.8. The summed E-state index contributed by atoms with van der Waals surface area (Å²) in [5.41, 5.74) is -0.398. The first-order valence-electron chi connectivity index (χ1n) is 17.2. The van der Waals surface area contributed by atoms with Crippen LogP contribution < -0.4 is 0 Å². The van der Waals surface area contributed by atoms with Gasteiger partial charge in [-0.05, 0) is 94.3 Å². The summed E-state index contributed by atoms with van der Waals surface area (Å²) in [6, 6.07) is 0. The van der Waals surface area contributed by atoms with Crippen LogP contribution in [0.4, 0.5) is 0 Å². The van der Waals surface area contributed by atoms with Gasteiger partial charge < -0.3 is 45.2 Å². The van der Waals surface area contributed by atoms with Gasteiger partial charge in [-0.1, -0.05) is 57.9 Å². The van der Waals surface area contributed by atoms with Gasteiger partial charge in [-0.2, -0.15) is 0 Å². The lowest BCUT2D eigenvalue weighted by molar-refractivity contribution is -0.336. The van der Waals surface area contributed by atoms with Gasteiger partial charge in [0, 0.05) is 10.8 Å². The van der Waals surface area contributed by atoms with Crippen LogP contribution in [0.3, 0.4) is 0 Å². The summed E-state index contributed by atoms with van der Waals surface area (Å²) in [7, 11) is 0. The average Bonchev–Trinajstić information content (AvgIpc) is 3.35. The normalized spacial score (nSPS) is 50.5. The molecular weight excluding hydrogens is 576 g/mol. The highest BCUT2D eigenvalue weighted by Crippen LogP contribution is 2.74. The number of hydrogen-bond donors (Lipinski definition) is 7. The van der Waals surface area contributed by atoms with E-state index in [1.807, 2.05) is 26.8 Å². The second-order valence-electron chi connectivity index (χ2n) is 16.9. The Balaban J connectivity index is 1.54. The Morgan fingerprint density at radius 3 is 2.27 bits per heavy atom. The second-order valence-corrected chi connectivity index (χ2v) is 16.9. The predicted octanol–water partition coefficient (Wildman–Crippen LogP) is 3.22. The number of aliphatic hydroxyl groups excluding tert-OH is 7. The summed E-state index contributed by atoms with van der Waals surface area (Å²) in [6.45, 7) is 16.4. The number of rotatable bonds is 7. The van der Waals surface area contributed by atoms with Crippen LogP contribution in [0.25, 0.3) is 0 Å². The van der Waals surface area contributed by atoms with E-state index in [1.165, 1.54) is 0 Å². The molecule has 0 aromatic rings. The molecule has 0 spiro atoms. The van der Waals surface area contributed by atoms with Crippen molar-refractivity contribution in [1.29, 1.82) is 0 Å². The summed E-state index contributed by atoms with van der Waals surface area (Å²) in [4.78, 5) is 0. The Morgan fingerprint density at radius 2 is 1.64 bits per heavy atom. The molecule has 2 unspecified atom stereocenters. The molecule has 5 rings (SSSR count). The molecule has 1 aliphatic heterocycles. The van der Waals surface area contributed by atoms with Crippen molar-refractivity contribution >= 4 is 0 Å². The second kappa shape index (κ2) is 11.9. The van der Waals surface area contributed by atoms with E-state index in [2.05, 4.69) is 40.7 Å². The maximum absolute atomic E-state index is 12.2. The number of fused-ring (bicyclic) bond motifs is 5. The van der Waals surface area contributed by atoms with Crippen LogP contribution in [-0.4, -0.2) is 97.0 Å². The van der Waals surface area contributed by atoms with Gasteiger partial charge in [-0.25, -0.2) is 0 Å². The van der Waals surface area contributed by atoms with Crippen LogP contribution in [0.2, 0.25) is 0 Å². The molecule has 9 nitrogen and oxygen atoms in total. The fourth-order valence-electron chi connectivity index (χ4n) is 11.1. The molecule has 7 N–H and O–H groups in total. The fourth-order valence-corrected chi connectivity index (χ4v) is 11.1. The SMILES string of the molecule is CC(C)=CCC[C@](C)(O[C@@H]1O[C@H](CO)[C@@H](O)[C@H](O)[C@H]1O)C1CC[C@]2(C)C1[C@H](O)C[C@H]1[C@@]2(C)[C@@H](O)C=C2C(C)(C)[C@@H](O)CC[C@@]21C. The molecule has 1 saturated heterocycles. The molecule has 0 aromatic carbocycles. The summed E-state index contributed by atoms with van der Waals surface area (Å²) >= 11 is 0. The van der Waals surface area contributed by atoms with Crippen molar-refractivity contribution in [3.63, 3.8) is 0 Å². The molecule has 1 heterocycles. The van der Waals surface area contributed by atoms with Gasteiger partial charge >= 0.3 is 0 Å². The van der Waals surface area contributed by atoms with E-state index in [1.54, 1.807) is 0 Å². The van der Waals surface area contributed by atoms with E-state index in [0.717, 1.165) is 30.4 Å². The summed E-state index contributed by atoms with van der Waals surface area (Å²) in [5, 5.41) is 77.0. The maximum Gasteiger partial charge on any atom is 0.187 e. The van der Waals surface area contributed by atoms with Gasteiger partial charge in [0.2, 0.25) is 0 Å². The van der Waals surface area contributed by atoms with Gasteiger partial charge in [-0.15, -0.1) is 0 Å². The highest BCUT2D eigenvalue weighted by molar-refractivity contribution is 5.36. The van der Waals surface area contributed by atoms with Crippen molar-refractivity contribution in [2.24, 2.45) is 39.4 Å². The summed E-state index contributed by atoms with van der Waals surface area (Å²) in [6.07, 6.45) is 0.100. The molecule has 4 aliphatic carbocycles. The van der Waals surface area contributed by atoms with Crippen LogP contribution in [0.1, 0.15) is 100 Å². The quantitative estimate of drug-likeness (QED) is 0.208. The van der Waals surface area contributed by atoms with E-state index in [0.29, 0.717) is 25.7 Å². The summed E-state index contributed by atoms with van der Waals surface area (Å²) < 4.78 is 12.5. The third-order valence-electron chi connectivity index (χ3n) is 14.0. The lowest BCUT2D eigenvalue weighted by Gasteiger charge is -2.69. The van der Waals surface area contributed by atoms with Gasteiger partial charge in [0.1, 0.15) is 24.4 Å². The topological polar surface area (TPSA) is 160 Å². The van der Waals surface area contributed by atoms with Crippen LogP contribution in [-0.2, 0) is 9.47 Å². The third-order valence-corrected chi connectivity index (χ3v) is 14.0. The van der Waals surface area contributed by atoms with Crippen LogP contribution in [0.15, 0.2) is 23.3 Å². The fraction of sp³-hybridized carbons (Fsp3) is 0.889. The molecule has 258 valence electrons. The van der Waals surface area contributed by atoms with Crippen molar-refractivity contribution in [2.45, 2.75) is 155 Å². The van der Waals surface area contributed by atoms with Gasteiger partial charge in [0.05, 0.1) is 30.5 Å². The van der Waals surface area contributed by atoms with Crippen molar-refractivity contribution in [3.8, 4) is 0 Å². The lowest BCUT2D eigenvalue weighted by Crippen LogP contribution is -2.68. The smallest absolute Gasteiger partial charge is 0.187 e. The molecule has 45 heavy (non-hydrogen) atoms. The standard InChI is InChI=1S/C36H60O9/c1-19(2)10-9-13-35(7,45-31-30(43)29(42)28(41)22(18-37)44-31)20-11-15-34(6)27(20)21(38)16-24-33(5)14-12-25(39)32(3,4)23(33)17-26(40)36(24,34)8/h10,17,20-22,24-31,37-43H,9,11-16,18H2,1-8H3/t20?,21-,22-,24-,25+,26+,27?,28-,29+,30-,31+,33+,34-,35+,36+/m1/s1. The van der Waals surface area contributed by atoms with E-state index in [4.69, 9.17) is 9.47 Å². The predicted molar refractivity (Wildman–Crippen MR) is 170 cm³/mol. The van der Waals surface area contributed by atoms with Crippen LogP contribution >= 0.6 is 0 Å². The molecule has 15 atom stereocenters. The first-order valence-corrected chi connectivity index (χ1v) is 17.2. The largest absolute Gasteiger partial charge is 0.394 e. The van der Waals surface area contributed by atoms with Crippen molar-refractivity contribution < 1.29 is 45.2 Å². The number of ether oxygens (including phenoxy) is 2. The van der Waals surface area contributed by atoms with E-state index in [-0.39, 0.29) is 23.2 Å². The molecule has 0 radical (unpaired) electrons. The minimum Gasteiger partial charge on any atom is -0.394 e. The first kappa shape index (κ1) is 35.4. The molecular formula is C36H60O9. The van der Waals surface area contributed by atoms with Crippen LogP contribution in [0.5, 0.6) is 0 Å². The van der Waals surface area contributed by atoms with Gasteiger partial charge in [0.15, 0.2) is 6.29 Å². The van der Waals surface area contributed by atoms with E-state index >= 15 is 0 Å². The minimum absolute atomic E-state index is 0.00470. The van der Waals surface area contributed by atoms with Gasteiger partial charge in [-0.3, -0.25) is 0 Å². The molecule has 5 aliphatic rings. The zero-order chi connectivity index (χ0) is 33.5. The number of aliphatic hydroxyl groups is 7. The zero-order valence-corrected chi connectivity index (χ0v) is 28.6. The number of allylic oxidation sites excluding steroid dienone is 2. The Hall–Kier alpha value is -0.880. The highest BCUT2D eigenvalue weighted by atomic mass is 16.7. The molecule has 3 saturated carbocycles.